The molecule has 2 aromatic carbocycles. The number of likely N-dealkylation sites (tertiary alicyclic amines) is 1. The van der Waals surface area contributed by atoms with E-state index in [-0.39, 0.29) is 22.6 Å². The summed E-state index contributed by atoms with van der Waals surface area (Å²) in [4.78, 5) is 19.4. The first-order valence-electron chi connectivity index (χ1n) is 10.7. The van der Waals surface area contributed by atoms with Gasteiger partial charge in [0.1, 0.15) is 22.9 Å². The second kappa shape index (κ2) is 7.66. The molecule has 6 nitrogen and oxygen atoms in total. The quantitative estimate of drug-likeness (QED) is 0.455. The minimum Gasteiger partial charge on any atom is -0.507 e. The first kappa shape index (κ1) is 20.0. The number of benzene rings is 2. The molecule has 0 spiro atoms. The van der Waals surface area contributed by atoms with Crippen LogP contribution in [-0.4, -0.2) is 22.2 Å². The number of phenolic OH excluding ortho intramolecular Hbond substituents is 1. The van der Waals surface area contributed by atoms with Crippen LogP contribution in [0.1, 0.15) is 38.7 Å². The van der Waals surface area contributed by atoms with Gasteiger partial charge in [0.2, 0.25) is 11.3 Å². The predicted molar refractivity (Wildman–Crippen MR) is 125 cm³/mol. The van der Waals surface area contributed by atoms with Crippen molar-refractivity contribution < 1.29 is 14.4 Å². The van der Waals surface area contributed by atoms with E-state index in [9.17, 15) is 9.90 Å². The van der Waals surface area contributed by atoms with Crippen LogP contribution in [0.4, 0.5) is 5.88 Å². The molecule has 4 aromatic rings. The Labute approximate surface area is 183 Å². The molecule has 0 aliphatic carbocycles. The van der Waals surface area contributed by atoms with Crippen LogP contribution in [0.3, 0.4) is 0 Å². The maximum absolute atomic E-state index is 13.4. The highest BCUT2D eigenvalue weighted by atomic mass is 32.1. The van der Waals surface area contributed by atoms with Crippen molar-refractivity contribution in [3.8, 4) is 16.3 Å². The number of thiazole rings is 1. The van der Waals surface area contributed by atoms with Gasteiger partial charge in [-0.05, 0) is 57.4 Å². The fourth-order valence-corrected chi connectivity index (χ4v) is 5.82. The predicted octanol–water partition coefficient (Wildman–Crippen LogP) is 3.70. The van der Waals surface area contributed by atoms with E-state index in [1.165, 1.54) is 22.7 Å². The van der Waals surface area contributed by atoms with Gasteiger partial charge in [0, 0.05) is 0 Å². The van der Waals surface area contributed by atoms with Gasteiger partial charge in [0.25, 0.3) is 0 Å². The van der Waals surface area contributed by atoms with Crippen molar-refractivity contribution in [2.24, 2.45) is 0 Å². The number of para-hydroxylation sites is 1. The van der Waals surface area contributed by atoms with Crippen molar-refractivity contribution in [3.05, 3.63) is 52.2 Å². The summed E-state index contributed by atoms with van der Waals surface area (Å²) in [5, 5.41) is 11.6. The van der Waals surface area contributed by atoms with Gasteiger partial charge in [-0.15, -0.1) is 11.3 Å². The fraction of sp³-hybridized carbons (Fsp3) is 0.333. The van der Waals surface area contributed by atoms with Crippen molar-refractivity contribution >= 4 is 38.4 Å². The minimum absolute atomic E-state index is 0.0400. The Kier molecular flexibility index (Phi) is 4.95. The molecule has 0 bridgehead atoms. The van der Waals surface area contributed by atoms with E-state index < -0.39 is 0 Å². The molecule has 0 radical (unpaired) electrons. The molecular weight excluding hydrogens is 410 g/mol. The molecule has 31 heavy (non-hydrogen) atoms. The van der Waals surface area contributed by atoms with Gasteiger partial charge < -0.3 is 20.2 Å². The minimum atomic E-state index is -0.214. The molecule has 1 unspecified atom stereocenters. The summed E-state index contributed by atoms with van der Waals surface area (Å²) in [6.07, 6.45) is 3.53. The molecule has 0 saturated carbocycles. The Balaban J connectivity index is 1.66. The third kappa shape index (κ3) is 3.38. The lowest BCUT2D eigenvalue weighted by Gasteiger charge is -2.36. The molecule has 0 amide bonds. The third-order valence-electron chi connectivity index (χ3n) is 6.59. The summed E-state index contributed by atoms with van der Waals surface area (Å²) >= 11 is 1.42. The molecule has 3 atom stereocenters. The monoisotopic (exact) mass is 436 g/mol. The van der Waals surface area contributed by atoms with Crippen molar-refractivity contribution in [2.45, 2.75) is 51.7 Å². The Morgan fingerprint density at radius 3 is 2.68 bits per heavy atom. The van der Waals surface area contributed by atoms with E-state index in [1.54, 1.807) is 12.1 Å². The van der Waals surface area contributed by atoms with Crippen LogP contribution in [0.15, 0.2) is 45.6 Å². The number of aromatic hydroxyl groups is 1. The normalized spacial score (nSPS) is 21.7. The van der Waals surface area contributed by atoms with E-state index in [1.807, 2.05) is 24.3 Å². The SMILES string of the molecule is C[C@@H]1CCC[C@H](C)[NH+]1Cc1c(O)ccc2c(=O)c(-c3nc4ccccc4s3)c(N)oc12. The number of nitrogens with one attached hydrogen (secondary N) is 1. The molecule has 1 fully saturated rings. The van der Waals surface area contributed by atoms with Crippen molar-refractivity contribution in [1.82, 2.24) is 4.98 Å². The van der Waals surface area contributed by atoms with Crippen LogP contribution in [0, 0.1) is 0 Å². The van der Waals surface area contributed by atoms with Gasteiger partial charge >= 0.3 is 0 Å². The fourth-order valence-electron chi connectivity index (χ4n) is 4.81. The van der Waals surface area contributed by atoms with Crippen LogP contribution in [0.5, 0.6) is 5.75 Å². The van der Waals surface area contributed by atoms with E-state index >= 15 is 0 Å². The van der Waals surface area contributed by atoms with Gasteiger partial charge in [-0.2, -0.15) is 0 Å². The van der Waals surface area contributed by atoms with Crippen LogP contribution in [0.25, 0.3) is 31.8 Å². The molecule has 1 aliphatic heterocycles. The zero-order valence-corrected chi connectivity index (χ0v) is 18.5. The molecule has 7 heteroatoms. The third-order valence-corrected chi connectivity index (χ3v) is 7.65. The highest BCUT2D eigenvalue weighted by molar-refractivity contribution is 7.21. The van der Waals surface area contributed by atoms with E-state index in [2.05, 4.69) is 18.8 Å². The number of nitrogen functional groups attached to an aromatic ring is 1. The Hall–Kier alpha value is -2.90. The Bertz CT molecular complexity index is 1300. The average molecular weight is 437 g/mol. The zero-order chi connectivity index (χ0) is 21.7. The van der Waals surface area contributed by atoms with Crippen LogP contribution in [-0.2, 0) is 6.54 Å². The standard InChI is InChI=1S/C24H25N3O3S/c1-13-6-5-7-14(2)27(13)12-16-18(28)11-10-15-21(29)20(23(25)30-22(15)16)24-26-17-8-3-4-9-19(17)31-24/h3-4,8-11,13-14,28H,5-7,12,25H2,1-2H3/p+1/t13-,14+. The number of fused-ring (bicyclic) bond motifs is 2. The van der Waals surface area contributed by atoms with Crippen molar-refractivity contribution in [3.63, 3.8) is 0 Å². The summed E-state index contributed by atoms with van der Waals surface area (Å²) < 4.78 is 7.00. The molecule has 4 N–H and O–H groups in total. The van der Waals surface area contributed by atoms with Gasteiger partial charge in [-0.25, -0.2) is 4.98 Å². The zero-order valence-electron chi connectivity index (χ0n) is 17.6. The summed E-state index contributed by atoms with van der Waals surface area (Å²) in [5.41, 5.74) is 8.18. The number of piperidine rings is 1. The number of nitrogens with two attached hydrogens (primary N) is 1. The molecule has 2 aromatic heterocycles. The number of nitrogens with zero attached hydrogens (tertiary/aromatic N) is 1. The average Bonchev–Trinajstić information content (AvgIpc) is 3.16. The van der Waals surface area contributed by atoms with Gasteiger partial charge in [0.05, 0.1) is 33.2 Å². The number of quaternary nitrogens is 1. The second-order valence-electron chi connectivity index (χ2n) is 8.58. The smallest absolute Gasteiger partial charge is 0.205 e. The van der Waals surface area contributed by atoms with E-state index in [0.29, 0.717) is 40.2 Å². The molecule has 160 valence electrons. The second-order valence-corrected chi connectivity index (χ2v) is 9.61. The van der Waals surface area contributed by atoms with Crippen molar-refractivity contribution in [1.29, 1.82) is 0 Å². The molecule has 5 rings (SSSR count). The molecule has 1 saturated heterocycles. The maximum Gasteiger partial charge on any atom is 0.205 e. The first-order chi connectivity index (χ1) is 14.9. The van der Waals surface area contributed by atoms with Crippen LogP contribution < -0.4 is 16.1 Å². The highest BCUT2D eigenvalue weighted by Crippen LogP contribution is 2.35. The van der Waals surface area contributed by atoms with Gasteiger partial charge in [0.15, 0.2) is 5.58 Å². The lowest BCUT2D eigenvalue weighted by atomic mass is 9.96. The number of anilines is 1. The lowest BCUT2D eigenvalue weighted by molar-refractivity contribution is -0.964. The Morgan fingerprint density at radius 1 is 1.19 bits per heavy atom. The number of rotatable bonds is 3. The number of phenols is 1. The lowest BCUT2D eigenvalue weighted by Crippen LogP contribution is -3.18. The summed E-state index contributed by atoms with van der Waals surface area (Å²) in [5.74, 6) is 0.179. The summed E-state index contributed by atoms with van der Waals surface area (Å²) in [7, 11) is 0. The Morgan fingerprint density at radius 2 is 1.94 bits per heavy atom. The van der Waals surface area contributed by atoms with Crippen molar-refractivity contribution in [2.75, 3.05) is 5.73 Å². The summed E-state index contributed by atoms with van der Waals surface area (Å²) in [6.45, 7) is 5.07. The van der Waals surface area contributed by atoms with Crippen LogP contribution >= 0.6 is 11.3 Å². The van der Waals surface area contributed by atoms with Crippen LogP contribution in [0.2, 0.25) is 0 Å². The number of hydrogen-bond donors (Lipinski definition) is 3. The highest BCUT2D eigenvalue weighted by Gasteiger charge is 2.31. The number of hydrogen-bond acceptors (Lipinski definition) is 6. The number of aromatic nitrogens is 1. The summed E-state index contributed by atoms with van der Waals surface area (Å²) in [6, 6.07) is 11.9. The first-order valence-corrected chi connectivity index (χ1v) is 11.5. The topological polar surface area (TPSA) is 93.8 Å². The maximum atomic E-state index is 13.4. The van der Waals surface area contributed by atoms with Gasteiger partial charge in [-0.3, -0.25) is 4.79 Å². The van der Waals surface area contributed by atoms with E-state index in [4.69, 9.17) is 10.2 Å². The van der Waals surface area contributed by atoms with E-state index in [0.717, 1.165) is 23.1 Å². The van der Waals surface area contributed by atoms with Gasteiger partial charge in [-0.1, -0.05) is 12.1 Å². The molecule has 1 aliphatic rings. The molecule has 3 heterocycles. The largest absolute Gasteiger partial charge is 0.507 e. The molecular formula is C24H26N3O3S+.